The molecule has 3 atom stereocenters. The number of carbonyl (C=O) groups excluding carboxylic acids is 12. The van der Waals surface area contributed by atoms with Gasteiger partial charge >= 0.3 is 0 Å². The van der Waals surface area contributed by atoms with Crippen molar-refractivity contribution in [1.29, 1.82) is 0 Å². The first kappa shape index (κ1) is 55.7. The Kier molecular flexibility index (Phi) is 20.4. The van der Waals surface area contributed by atoms with E-state index in [4.69, 9.17) is 0 Å². The summed E-state index contributed by atoms with van der Waals surface area (Å²) in [7, 11) is -3.50. The number of fused-ring (bicyclic) bond motifs is 1. The summed E-state index contributed by atoms with van der Waals surface area (Å²) in [6.45, 7) is -3.42. The first-order valence-electron chi connectivity index (χ1n) is 23.9. The van der Waals surface area contributed by atoms with Gasteiger partial charge in [-0.3, -0.25) is 57.5 Å². The van der Waals surface area contributed by atoms with Crippen molar-refractivity contribution in [2.24, 2.45) is 0 Å². The van der Waals surface area contributed by atoms with Crippen LogP contribution in [0.15, 0.2) is 29.2 Å². The zero-order chi connectivity index (χ0) is 52.4. The van der Waals surface area contributed by atoms with Gasteiger partial charge in [-0.25, -0.2) is 8.42 Å². The van der Waals surface area contributed by atoms with Crippen LogP contribution < -0.4 is 53.2 Å². The average Bonchev–Trinajstić information content (AvgIpc) is 4.06. The predicted octanol–water partition coefficient (Wildman–Crippen LogP) is -5.36. The van der Waals surface area contributed by atoms with E-state index in [1.165, 1.54) is 21.9 Å². The lowest BCUT2D eigenvalue weighted by molar-refractivity contribution is -0.143. The maximum atomic E-state index is 14.4. The quantitative estimate of drug-likeness (QED) is 0.132. The summed E-state index contributed by atoms with van der Waals surface area (Å²) in [4.78, 5) is 161. The zero-order valence-electron chi connectivity index (χ0n) is 40.1. The van der Waals surface area contributed by atoms with Crippen molar-refractivity contribution in [2.45, 2.75) is 106 Å². The Labute approximate surface area is 415 Å². The summed E-state index contributed by atoms with van der Waals surface area (Å²) in [5.41, 5.74) is -0.852. The van der Waals surface area contributed by atoms with E-state index in [1.807, 2.05) is 0 Å². The highest BCUT2D eigenvalue weighted by atomic mass is 32.2. The molecule has 1 aromatic rings. The maximum absolute atomic E-state index is 14.4. The molecule has 26 nitrogen and oxygen atoms in total. The number of likely N-dealkylation sites (tertiary alicyclic amines) is 1. The monoisotopic (exact) mass is 1030 g/mol. The Morgan fingerprint density at radius 2 is 1.07 bits per heavy atom. The highest BCUT2D eigenvalue weighted by molar-refractivity contribution is 7.90. The molecule has 10 N–H and O–H groups in total. The fourth-order valence-corrected chi connectivity index (χ4v) is 9.31. The molecule has 0 bridgehead atoms. The van der Waals surface area contributed by atoms with Crippen molar-refractivity contribution in [3.63, 3.8) is 0 Å². The van der Waals surface area contributed by atoms with Gasteiger partial charge in [0.2, 0.25) is 70.9 Å². The van der Waals surface area contributed by atoms with E-state index in [9.17, 15) is 66.0 Å². The van der Waals surface area contributed by atoms with Gasteiger partial charge < -0.3 is 63.0 Å². The smallest absolute Gasteiger partial charge is 0.246 e. The minimum atomic E-state index is -3.50. The van der Waals surface area contributed by atoms with Crippen molar-refractivity contribution in [3.05, 3.63) is 29.8 Å². The summed E-state index contributed by atoms with van der Waals surface area (Å²) in [6.07, 6.45) is 4.99. The molecule has 3 unspecified atom stereocenters. The molecule has 27 heteroatoms. The number of piperidine rings is 1. The molecule has 5 rings (SSSR count). The van der Waals surface area contributed by atoms with Gasteiger partial charge in [0.1, 0.15) is 23.7 Å². The number of sulfone groups is 1. The largest absolute Gasteiger partial charge is 0.347 e. The van der Waals surface area contributed by atoms with Crippen molar-refractivity contribution >= 4 is 80.7 Å². The molecule has 3 saturated heterocycles. The van der Waals surface area contributed by atoms with Crippen LogP contribution in [-0.4, -0.2) is 184 Å². The van der Waals surface area contributed by atoms with Crippen LogP contribution in [0, 0.1) is 0 Å². The molecule has 4 fully saturated rings. The minimum absolute atomic E-state index is 0.0207. The number of nitrogens with zero attached hydrogens (tertiary/aromatic N) is 2. The molecule has 0 aromatic heterocycles. The molecule has 3 heterocycles. The van der Waals surface area contributed by atoms with Crippen LogP contribution in [0.3, 0.4) is 0 Å². The van der Waals surface area contributed by atoms with E-state index in [-0.39, 0.29) is 43.5 Å². The minimum Gasteiger partial charge on any atom is -0.347 e. The van der Waals surface area contributed by atoms with Crippen LogP contribution >= 0.6 is 0 Å². The topological polar surface area (TPSA) is 366 Å². The lowest BCUT2D eigenvalue weighted by Crippen LogP contribution is -2.62. The van der Waals surface area contributed by atoms with Crippen molar-refractivity contribution in [1.82, 2.24) is 63.0 Å². The van der Waals surface area contributed by atoms with Crippen LogP contribution in [0.25, 0.3) is 0 Å². The Balaban J connectivity index is 1.33. The summed E-state index contributed by atoms with van der Waals surface area (Å²) in [6, 6.07) is 2.22. The van der Waals surface area contributed by atoms with Crippen LogP contribution in [-0.2, 0) is 73.8 Å². The first-order valence-corrected chi connectivity index (χ1v) is 25.8. The molecule has 1 saturated carbocycles. The molecule has 0 radical (unpaired) electrons. The third-order valence-corrected chi connectivity index (χ3v) is 13.7. The Morgan fingerprint density at radius 1 is 0.583 bits per heavy atom. The second-order valence-corrected chi connectivity index (χ2v) is 20.1. The molecule has 72 heavy (non-hydrogen) atoms. The third kappa shape index (κ3) is 17.0. The summed E-state index contributed by atoms with van der Waals surface area (Å²) < 4.78 is 24.1. The van der Waals surface area contributed by atoms with E-state index < -0.39 is 157 Å². The van der Waals surface area contributed by atoms with E-state index >= 15 is 0 Å². The second-order valence-electron chi connectivity index (χ2n) is 18.1. The zero-order valence-corrected chi connectivity index (χ0v) is 40.9. The van der Waals surface area contributed by atoms with Gasteiger partial charge in [0.05, 0.1) is 57.1 Å². The number of hydrogen-bond donors (Lipinski definition) is 10. The Morgan fingerprint density at radius 3 is 1.60 bits per heavy atom. The van der Waals surface area contributed by atoms with E-state index in [2.05, 4.69) is 53.2 Å². The standard InChI is InChI=1S/C45H64N12O14S/c1-72(70,71)29-12-9-28(10-13-29)11-14-30-43(68)57-19-7-8-32(57)41(66)55-45(15-3-4-16-45)44(69)52-27-40(65)54-31(42(67)56-17-5-2-6-18-56)20-33(58)46-21-34(59)47-22-35(60)48-23-36(61)49-24-37(62)50-25-38(63)51-26-39(64)53-30/h9-10,12-13,30-32H,2-8,11,14-27H2,1H3,(H,46,58)(H,47,59)(H,48,60)(H,49,61)(H,50,62)(H,51,63)(H,52,69)(H,53,64)(H,54,65)(H,55,66). The van der Waals surface area contributed by atoms with Gasteiger partial charge in [0.15, 0.2) is 9.84 Å². The van der Waals surface area contributed by atoms with Crippen molar-refractivity contribution in [3.8, 4) is 0 Å². The molecule has 1 aliphatic carbocycles. The second kappa shape index (κ2) is 26.3. The highest BCUT2D eigenvalue weighted by Gasteiger charge is 2.46. The third-order valence-electron chi connectivity index (χ3n) is 12.6. The van der Waals surface area contributed by atoms with Gasteiger partial charge in [0, 0.05) is 25.9 Å². The summed E-state index contributed by atoms with van der Waals surface area (Å²) >= 11 is 0. The first-order chi connectivity index (χ1) is 34.2. The number of carbonyl (C=O) groups is 12. The van der Waals surface area contributed by atoms with Gasteiger partial charge in [-0.2, -0.15) is 0 Å². The Hall–Kier alpha value is -7.19. The molecular formula is C45H64N12O14S. The number of aryl methyl sites for hydroxylation is 1. The molecule has 1 spiro atoms. The average molecular weight is 1030 g/mol. The van der Waals surface area contributed by atoms with Gasteiger partial charge in [-0.1, -0.05) is 25.0 Å². The van der Waals surface area contributed by atoms with Gasteiger partial charge in [0.25, 0.3) is 0 Å². The number of amides is 12. The van der Waals surface area contributed by atoms with Crippen molar-refractivity contribution in [2.75, 3.05) is 71.7 Å². The lowest BCUT2D eigenvalue weighted by Gasteiger charge is -2.33. The summed E-state index contributed by atoms with van der Waals surface area (Å²) in [5.74, 6) is -8.96. The summed E-state index contributed by atoms with van der Waals surface area (Å²) in [5, 5.41) is 24.2. The van der Waals surface area contributed by atoms with Crippen LogP contribution in [0.1, 0.15) is 76.2 Å². The lowest BCUT2D eigenvalue weighted by atomic mass is 9.95. The fraction of sp³-hybridized carbons (Fsp3) is 0.600. The maximum Gasteiger partial charge on any atom is 0.246 e. The Bertz CT molecular complexity index is 2350. The van der Waals surface area contributed by atoms with Gasteiger partial charge in [-0.15, -0.1) is 0 Å². The fourth-order valence-electron chi connectivity index (χ4n) is 8.68. The van der Waals surface area contributed by atoms with Crippen LogP contribution in [0.5, 0.6) is 0 Å². The molecule has 12 amide bonds. The number of nitrogens with one attached hydrogen (secondary N) is 10. The number of rotatable bonds is 5. The van der Waals surface area contributed by atoms with Crippen molar-refractivity contribution < 1.29 is 66.0 Å². The highest BCUT2D eigenvalue weighted by Crippen LogP contribution is 2.31. The number of hydrogen-bond acceptors (Lipinski definition) is 14. The molecule has 4 aliphatic rings. The van der Waals surface area contributed by atoms with E-state index in [0.717, 1.165) is 12.7 Å². The molecule has 3 aliphatic heterocycles. The normalized spacial score (nSPS) is 23.8. The van der Waals surface area contributed by atoms with Crippen LogP contribution in [0.4, 0.5) is 0 Å². The van der Waals surface area contributed by atoms with Gasteiger partial charge in [-0.05, 0) is 75.5 Å². The predicted molar refractivity (Wildman–Crippen MR) is 252 cm³/mol. The van der Waals surface area contributed by atoms with E-state index in [1.54, 1.807) is 12.1 Å². The molecule has 1 aromatic carbocycles. The van der Waals surface area contributed by atoms with E-state index in [0.29, 0.717) is 50.8 Å². The number of benzene rings is 1. The molecule has 394 valence electrons. The SMILES string of the molecule is CS(=O)(=O)c1ccc(CCC2NC(=O)CNC(=O)CNC(=O)CNC(=O)CNC(=O)CNC(=O)CNC(=O)CC(C(=O)N3CCCCC3)NC(=O)CNC(=O)C3(CCCC3)NC(=O)C3CCCN3C2=O)cc1. The van der Waals surface area contributed by atoms with Crippen LogP contribution in [0.2, 0.25) is 0 Å². The molecular weight excluding hydrogens is 965 g/mol.